The van der Waals surface area contributed by atoms with Crippen molar-refractivity contribution in [2.24, 2.45) is 0 Å². The van der Waals surface area contributed by atoms with Crippen LogP contribution in [0.25, 0.3) is 0 Å². The van der Waals surface area contributed by atoms with E-state index in [1.54, 1.807) is 30.5 Å². The lowest BCUT2D eigenvalue weighted by Gasteiger charge is -2.25. The number of amides is 1. The summed E-state index contributed by atoms with van der Waals surface area (Å²) in [5, 5.41) is 9.52. The highest BCUT2D eigenvalue weighted by Crippen LogP contribution is 2.35. The van der Waals surface area contributed by atoms with Gasteiger partial charge in [-0.15, -0.1) is 0 Å². The van der Waals surface area contributed by atoms with Crippen LogP contribution in [0, 0.1) is 0 Å². The molecule has 1 aliphatic rings. The highest BCUT2D eigenvalue weighted by molar-refractivity contribution is 6.03. The Bertz CT molecular complexity index is 715. The number of rotatable bonds is 4. The number of fused-ring (bicyclic) bond motifs is 1. The minimum atomic E-state index is -1.01. The largest absolute Gasteiger partial charge is 0.479 e. The monoisotopic (exact) mass is 296 g/mol. The van der Waals surface area contributed by atoms with Crippen LogP contribution < -0.4 is 0 Å². The maximum absolute atomic E-state index is 12.5. The van der Waals surface area contributed by atoms with Gasteiger partial charge in [0.25, 0.3) is 5.91 Å². The van der Waals surface area contributed by atoms with E-state index in [1.807, 2.05) is 25.1 Å². The predicted octanol–water partition coefficient (Wildman–Crippen LogP) is 2.47. The minimum absolute atomic E-state index is 0.0405. The van der Waals surface area contributed by atoms with Crippen molar-refractivity contribution in [2.75, 3.05) is 6.54 Å². The molecule has 0 radical (unpaired) electrons. The van der Waals surface area contributed by atoms with Gasteiger partial charge in [0, 0.05) is 29.9 Å². The summed E-state index contributed by atoms with van der Waals surface area (Å²) in [4.78, 5) is 29.9. The summed E-state index contributed by atoms with van der Waals surface area (Å²) in [6.45, 7) is 2.26. The zero-order valence-electron chi connectivity index (χ0n) is 12.1. The number of benzene rings is 1. The van der Waals surface area contributed by atoms with Crippen LogP contribution in [0.5, 0.6) is 0 Å². The zero-order chi connectivity index (χ0) is 15.7. The number of pyridine rings is 1. The van der Waals surface area contributed by atoms with Gasteiger partial charge < -0.3 is 10.0 Å². The lowest BCUT2D eigenvalue weighted by atomic mass is 10.0. The van der Waals surface area contributed by atoms with Crippen LogP contribution in [0.1, 0.15) is 40.5 Å². The summed E-state index contributed by atoms with van der Waals surface area (Å²) in [5.41, 5.74) is 1.88. The van der Waals surface area contributed by atoms with Gasteiger partial charge >= 0.3 is 5.97 Å². The fraction of sp³-hybridized carbons (Fsp3) is 0.235. The highest BCUT2D eigenvalue weighted by Gasteiger charge is 2.41. The van der Waals surface area contributed by atoms with Gasteiger partial charge in [-0.2, -0.15) is 0 Å². The van der Waals surface area contributed by atoms with Crippen molar-refractivity contribution in [1.29, 1.82) is 0 Å². The first-order valence-electron chi connectivity index (χ1n) is 7.13. The first kappa shape index (κ1) is 14.3. The number of hydrogen-bond acceptors (Lipinski definition) is 3. The second-order valence-corrected chi connectivity index (χ2v) is 5.44. The van der Waals surface area contributed by atoms with Crippen LogP contribution in [0.15, 0.2) is 48.7 Å². The molecule has 1 aromatic heterocycles. The summed E-state index contributed by atoms with van der Waals surface area (Å²) in [7, 11) is 0. The maximum atomic E-state index is 12.5. The highest BCUT2D eigenvalue weighted by atomic mass is 16.4. The molecule has 3 rings (SSSR count). The maximum Gasteiger partial charge on any atom is 0.331 e. The predicted molar refractivity (Wildman–Crippen MR) is 80.5 cm³/mol. The number of carboxylic acid groups (broad SMARTS) is 1. The molecule has 0 bridgehead atoms. The Morgan fingerprint density at radius 1 is 1.27 bits per heavy atom. The summed E-state index contributed by atoms with van der Waals surface area (Å²) < 4.78 is 0. The Hall–Kier alpha value is -2.69. The van der Waals surface area contributed by atoms with Gasteiger partial charge in [-0.1, -0.05) is 31.2 Å². The number of carbonyl (C=O) groups excluding carboxylic acids is 1. The van der Waals surface area contributed by atoms with Crippen molar-refractivity contribution >= 4 is 11.9 Å². The molecule has 2 atom stereocenters. The minimum Gasteiger partial charge on any atom is -0.479 e. The van der Waals surface area contributed by atoms with Gasteiger partial charge in [0.1, 0.15) is 0 Å². The molecule has 0 saturated carbocycles. The van der Waals surface area contributed by atoms with Crippen molar-refractivity contribution in [3.63, 3.8) is 0 Å². The molecule has 22 heavy (non-hydrogen) atoms. The molecular formula is C17H16N2O3. The molecule has 5 nitrogen and oxygen atoms in total. The van der Waals surface area contributed by atoms with E-state index in [9.17, 15) is 14.7 Å². The van der Waals surface area contributed by atoms with Gasteiger partial charge in [0.05, 0.1) is 0 Å². The molecule has 2 unspecified atom stereocenters. The summed E-state index contributed by atoms with van der Waals surface area (Å²) in [6.07, 6.45) is 1.70. The van der Waals surface area contributed by atoms with E-state index in [4.69, 9.17) is 0 Å². The van der Waals surface area contributed by atoms with Crippen LogP contribution in [-0.2, 0) is 4.79 Å². The van der Waals surface area contributed by atoms with Gasteiger partial charge in [-0.25, -0.2) is 4.79 Å². The Labute approximate surface area is 128 Å². The topological polar surface area (TPSA) is 70.5 Å². The average Bonchev–Trinajstić information content (AvgIpc) is 2.81. The first-order valence-corrected chi connectivity index (χ1v) is 7.13. The van der Waals surface area contributed by atoms with Gasteiger partial charge in [0.15, 0.2) is 6.04 Å². The Morgan fingerprint density at radius 2 is 2.00 bits per heavy atom. The van der Waals surface area contributed by atoms with Crippen LogP contribution in [0.4, 0.5) is 0 Å². The molecule has 112 valence electrons. The lowest BCUT2D eigenvalue weighted by Crippen LogP contribution is -2.35. The number of carboxylic acids is 1. The molecule has 2 aromatic rings. The third-order valence-electron chi connectivity index (χ3n) is 3.96. The molecule has 1 aromatic carbocycles. The molecule has 0 aliphatic carbocycles. The number of carbonyl (C=O) groups is 2. The third kappa shape index (κ3) is 2.35. The van der Waals surface area contributed by atoms with Gasteiger partial charge in [-0.3, -0.25) is 9.78 Å². The summed E-state index contributed by atoms with van der Waals surface area (Å²) in [5.74, 6) is -1.28. The first-order chi connectivity index (χ1) is 10.6. The van der Waals surface area contributed by atoms with Gasteiger partial charge in [-0.05, 0) is 23.8 Å². The second kappa shape index (κ2) is 5.60. The van der Waals surface area contributed by atoms with E-state index in [0.29, 0.717) is 17.7 Å². The van der Waals surface area contributed by atoms with E-state index < -0.39 is 12.0 Å². The molecule has 0 spiro atoms. The van der Waals surface area contributed by atoms with Crippen molar-refractivity contribution in [3.05, 3.63) is 65.5 Å². The second-order valence-electron chi connectivity index (χ2n) is 5.44. The fourth-order valence-electron chi connectivity index (χ4n) is 2.88. The van der Waals surface area contributed by atoms with E-state index >= 15 is 0 Å². The average molecular weight is 296 g/mol. The molecular weight excluding hydrogens is 280 g/mol. The van der Waals surface area contributed by atoms with Gasteiger partial charge in [0.2, 0.25) is 0 Å². The molecule has 1 aliphatic heterocycles. The normalized spacial score (nSPS) is 18.1. The molecule has 0 saturated heterocycles. The lowest BCUT2D eigenvalue weighted by molar-refractivity contribution is -0.142. The van der Waals surface area contributed by atoms with Crippen LogP contribution in [0.3, 0.4) is 0 Å². The van der Waals surface area contributed by atoms with Crippen molar-refractivity contribution in [3.8, 4) is 0 Å². The molecule has 5 heteroatoms. The zero-order valence-corrected chi connectivity index (χ0v) is 12.1. The summed E-state index contributed by atoms with van der Waals surface area (Å²) >= 11 is 0. The van der Waals surface area contributed by atoms with Crippen LogP contribution in [-0.4, -0.2) is 33.4 Å². The fourth-order valence-corrected chi connectivity index (χ4v) is 2.88. The smallest absolute Gasteiger partial charge is 0.331 e. The molecule has 1 amide bonds. The number of hydrogen-bond donors (Lipinski definition) is 1. The number of aliphatic carboxylic acids is 1. The van der Waals surface area contributed by atoms with Crippen molar-refractivity contribution in [1.82, 2.24) is 9.88 Å². The van der Waals surface area contributed by atoms with Crippen molar-refractivity contribution in [2.45, 2.75) is 18.9 Å². The van der Waals surface area contributed by atoms with Crippen molar-refractivity contribution < 1.29 is 14.7 Å². The van der Waals surface area contributed by atoms with Crippen LogP contribution >= 0.6 is 0 Å². The standard InChI is InChI=1S/C17H16N2O3/c1-11(14-8-4-5-9-18-14)10-19-15(17(21)22)12-6-2-3-7-13(12)16(19)20/h2-9,11,15H,10H2,1H3,(H,21,22). The Kier molecular flexibility index (Phi) is 3.63. The molecule has 1 N–H and O–H groups in total. The van der Waals surface area contributed by atoms with Crippen LogP contribution in [0.2, 0.25) is 0 Å². The number of nitrogens with zero attached hydrogens (tertiary/aromatic N) is 2. The Balaban J connectivity index is 1.90. The Morgan fingerprint density at radius 3 is 2.68 bits per heavy atom. The van der Waals surface area contributed by atoms with E-state index in [-0.39, 0.29) is 11.8 Å². The van der Waals surface area contributed by atoms with E-state index in [0.717, 1.165) is 5.69 Å². The SMILES string of the molecule is CC(CN1C(=O)c2ccccc2C1C(=O)O)c1ccccn1. The molecule has 0 fully saturated rings. The molecule has 2 heterocycles. The quantitative estimate of drug-likeness (QED) is 0.941. The van der Waals surface area contributed by atoms with E-state index in [1.165, 1.54) is 4.90 Å². The third-order valence-corrected chi connectivity index (χ3v) is 3.96. The van der Waals surface area contributed by atoms with E-state index in [2.05, 4.69) is 4.98 Å². The summed E-state index contributed by atoms with van der Waals surface area (Å²) in [6, 6.07) is 11.6. The number of aromatic nitrogens is 1.